The Bertz CT molecular complexity index is 509. The first-order chi connectivity index (χ1) is 10.1. The smallest absolute Gasteiger partial charge is 0.283 e. The lowest BCUT2D eigenvalue weighted by Gasteiger charge is -2.30. The highest BCUT2D eigenvalue weighted by molar-refractivity contribution is 6.80. The Hall–Kier alpha value is -1.64. The van der Waals surface area contributed by atoms with Gasteiger partial charge >= 0.3 is 0 Å². The summed E-state index contributed by atoms with van der Waals surface area (Å²) < 4.78 is 6.57. The molecule has 0 saturated heterocycles. The number of hydrogen-bond acceptors (Lipinski definition) is 1. The molecule has 2 rings (SSSR count). The van der Waals surface area contributed by atoms with Crippen molar-refractivity contribution in [3.8, 4) is 0 Å². The average Bonchev–Trinajstić information content (AvgIpc) is 2.52. The first-order valence-corrected chi connectivity index (χ1v) is 8.81. The van der Waals surface area contributed by atoms with Crippen LogP contribution < -0.4 is 10.4 Å². The van der Waals surface area contributed by atoms with Gasteiger partial charge < -0.3 is 4.43 Å². The first kappa shape index (κ1) is 15.7. The van der Waals surface area contributed by atoms with Crippen molar-refractivity contribution in [3.63, 3.8) is 0 Å². The van der Waals surface area contributed by atoms with E-state index in [1.165, 1.54) is 10.4 Å². The van der Waals surface area contributed by atoms with Crippen LogP contribution in [-0.4, -0.2) is 14.6 Å². The molecule has 0 saturated carbocycles. The third-order valence-corrected chi connectivity index (χ3v) is 5.87. The predicted molar refractivity (Wildman–Crippen MR) is 92.5 cm³/mol. The summed E-state index contributed by atoms with van der Waals surface area (Å²) in [5.74, 6) is 0. The minimum Gasteiger partial charge on any atom is -0.402 e. The van der Waals surface area contributed by atoms with Gasteiger partial charge in [-0.15, -0.1) is 6.58 Å². The van der Waals surface area contributed by atoms with Gasteiger partial charge in [0.1, 0.15) is 0 Å². The third-order valence-electron chi connectivity index (χ3n) is 3.40. The highest BCUT2D eigenvalue weighted by Gasteiger charge is 2.27. The largest absolute Gasteiger partial charge is 0.402 e. The van der Waals surface area contributed by atoms with Gasteiger partial charge in [-0.1, -0.05) is 66.7 Å². The molecule has 2 aromatic carbocycles. The minimum atomic E-state index is -1.22. The summed E-state index contributed by atoms with van der Waals surface area (Å²) in [7, 11) is -1.22. The van der Waals surface area contributed by atoms with Gasteiger partial charge in [-0.3, -0.25) is 0 Å². The van der Waals surface area contributed by atoms with E-state index in [9.17, 15) is 0 Å². The zero-order valence-electron chi connectivity index (χ0n) is 12.9. The maximum Gasteiger partial charge on any atom is 0.283 e. The monoisotopic (exact) mass is 295 g/mol. The molecule has 0 fully saturated rings. The van der Waals surface area contributed by atoms with Gasteiger partial charge in [0.2, 0.25) is 0 Å². The van der Waals surface area contributed by atoms with E-state index in [-0.39, 0.29) is 5.60 Å². The lowest BCUT2D eigenvalue weighted by Crippen LogP contribution is -2.49. The Balaban J connectivity index is 2.27. The Morgan fingerprint density at radius 3 is 1.86 bits per heavy atom. The normalized spacial score (nSPS) is 11.6. The van der Waals surface area contributed by atoms with Crippen LogP contribution in [-0.2, 0) is 4.43 Å². The highest BCUT2D eigenvalue weighted by atomic mass is 28.3. The molecular formula is C19H23OSi. The molecule has 0 N–H and O–H groups in total. The van der Waals surface area contributed by atoms with Crippen molar-refractivity contribution in [2.45, 2.75) is 32.3 Å². The van der Waals surface area contributed by atoms with Crippen LogP contribution in [0.15, 0.2) is 73.3 Å². The molecule has 0 aliphatic heterocycles. The van der Waals surface area contributed by atoms with Crippen molar-refractivity contribution in [1.82, 2.24) is 0 Å². The van der Waals surface area contributed by atoms with E-state index in [1.54, 1.807) is 0 Å². The van der Waals surface area contributed by atoms with E-state index < -0.39 is 9.04 Å². The van der Waals surface area contributed by atoms with Crippen LogP contribution in [0.5, 0.6) is 0 Å². The summed E-state index contributed by atoms with van der Waals surface area (Å²) in [5.41, 5.74) is -0.145. The number of hydrogen-bond donors (Lipinski definition) is 0. The molecule has 0 aliphatic rings. The van der Waals surface area contributed by atoms with Crippen molar-refractivity contribution >= 4 is 19.4 Å². The number of rotatable bonds is 7. The van der Waals surface area contributed by atoms with Crippen molar-refractivity contribution < 1.29 is 4.43 Å². The van der Waals surface area contributed by atoms with Gasteiger partial charge in [0.25, 0.3) is 9.04 Å². The molecule has 1 radical (unpaired) electrons. The van der Waals surface area contributed by atoms with E-state index in [2.05, 4.69) is 81.1 Å². The molecular weight excluding hydrogens is 272 g/mol. The van der Waals surface area contributed by atoms with Crippen molar-refractivity contribution in [3.05, 3.63) is 73.3 Å². The number of benzene rings is 2. The topological polar surface area (TPSA) is 9.23 Å². The van der Waals surface area contributed by atoms with Gasteiger partial charge in [0.05, 0.1) is 5.60 Å². The van der Waals surface area contributed by atoms with Crippen LogP contribution in [0.4, 0.5) is 0 Å². The summed E-state index contributed by atoms with van der Waals surface area (Å²) in [4.78, 5) is 0. The molecule has 0 aliphatic carbocycles. The zero-order valence-corrected chi connectivity index (χ0v) is 13.9. The lowest BCUT2D eigenvalue weighted by atomic mass is 10.0. The molecule has 0 amide bonds. The van der Waals surface area contributed by atoms with E-state index in [1.807, 2.05) is 6.08 Å². The van der Waals surface area contributed by atoms with Gasteiger partial charge in [-0.2, -0.15) is 0 Å². The van der Waals surface area contributed by atoms with Gasteiger partial charge in [0, 0.05) is 0 Å². The summed E-state index contributed by atoms with van der Waals surface area (Å²) >= 11 is 0. The van der Waals surface area contributed by atoms with Crippen LogP contribution in [0.3, 0.4) is 0 Å². The van der Waals surface area contributed by atoms with E-state index >= 15 is 0 Å². The Morgan fingerprint density at radius 2 is 1.43 bits per heavy atom. The predicted octanol–water partition coefficient (Wildman–Crippen LogP) is 3.55. The van der Waals surface area contributed by atoms with Gasteiger partial charge in [-0.25, -0.2) is 0 Å². The SMILES string of the molecule is C=CCCC(C)(C)O[Si](c1ccccc1)c1ccccc1. The molecule has 0 spiro atoms. The van der Waals surface area contributed by atoms with Crippen molar-refractivity contribution in [1.29, 1.82) is 0 Å². The third kappa shape index (κ3) is 4.69. The van der Waals surface area contributed by atoms with Crippen molar-refractivity contribution in [2.75, 3.05) is 0 Å². The molecule has 21 heavy (non-hydrogen) atoms. The fourth-order valence-electron chi connectivity index (χ4n) is 2.24. The Kier molecular flexibility index (Phi) is 5.54. The fourth-order valence-corrected chi connectivity index (χ4v) is 4.45. The van der Waals surface area contributed by atoms with Gasteiger partial charge in [-0.05, 0) is 37.1 Å². The average molecular weight is 295 g/mol. The summed E-state index contributed by atoms with van der Waals surface area (Å²) in [6.07, 6.45) is 3.93. The molecule has 2 aromatic rings. The van der Waals surface area contributed by atoms with Gasteiger partial charge in [0.15, 0.2) is 0 Å². The molecule has 2 heteroatoms. The van der Waals surface area contributed by atoms with E-state index in [0.29, 0.717) is 0 Å². The molecule has 0 bridgehead atoms. The zero-order chi connectivity index (χ0) is 15.1. The van der Waals surface area contributed by atoms with E-state index in [0.717, 1.165) is 12.8 Å². The molecule has 0 aromatic heterocycles. The molecule has 0 unspecified atom stereocenters. The molecule has 0 atom stereocenters. The summed E-state index contributed by atoms with van der Waals surface area (Å²) in [6, 6.07) is 21.1. The first-order valence-electron chi connectivity index (χ1n) is 7.40. The van der Waals surface area contributed by atoms with Crippen LogP contribution in [0, 0.1) is 0 Å². The second-order valence-electron chi connectivity index (χ2n) is 5.75. The quantitative estimate of drug-likeness (QED) is 0.561. The molecule has 1 nitrogen and oxygen atoms in total. The molecule has 109 valence electrons. The maximum absolute atomic E-state index is 6.57. The van der Waals surface area contributed by atoms with Crippen molar-refractivity contribution in [2.24, 2.45) is 0 Å². The van der Waals surface area contributed by atoms with Crippen LogP contribution in [0.25, 0.3) is 0 Å². The summed E-state index contributed by atoms with van der Waals surface area (Å²) in [5, 5.41) is 2.58. The number of allylic oxidation sites excluding steroid dienone is 1. The highest BCUT2D eigenvalue weighted by Crippen LogP contribution is 2.18. The minimum absolute atomic E-state index is 0.145. The van der Waals surface area contributed by atoms with Crippen LogP contribution in [0.2, 0.25) is 0 Å². The molecule has 0 heterocycles. The standard InChI is InChI=1S/C19H23OSi/c1-4-5-16-19(2,3)20-21(17-12-8-6-9-13-17)18-14-10-7-11-15-18/h4,6-15H,1,5,16H2,2-3H3. The second-order valence-corrected chi connectivity index (χ2v) is 7.77. The second kappa shape index (κ2) is 7.39. The fraction of sp³-hybridized carbons (Fsp3) is 0.263. The maximum atomic E-state index is 6.57. The van der Waals surface area contributed by atoms with E-state index in [4.69, 9.17) is 4.43 Å². The Labute approximate surface area is 130 Å². The Morgan fingerprint density at radius 1 is 0.952 bits per heavy atom. The van der Waals surface area contributed by atoms with Crippen LogP contribution in [0.1, 0.15) is 26.7 Å². The lowest BCUT2D eigenvalue weighted by molar-refractivity contribution is 0.105. The van der Waals surface area contributed by atoms with Crippen LogP contribution >= 0.6 is 0 Å². The summed E-state index contributed by atoms with van der Waals surface area (Å²) in [6.45, 7) is 8.16.